The van der Waals surface area contributed by atoms with Gasteiger partial charge < -0.3 is 20.3 Å². The Balaban J connectivity index is 1.79. The summed E-state index contributed by atoms with van der Waals surface area (Å²) in [6.07, 6.45) is 0.390. The van der Waals surface area contributed by atoms with Crippen LogP contribution in [0.5, 0.6) is 5.75 Å². The van der Waals surface area contributed by atoms with E-state index in [9.17, 15) is 4.79 Å². The van der Waals surface area contributed by atoms with Gasteiger partial charge in [0.15, 0.2) is 0 Å². The van der Waals surface area contributed by atoms with Gasteiger partial charge >= 0.3 is 0 Å². The van der Waals surface area contributed by atoms with Crippen LogP contribution in [0.4, 0.5) is 5.69 Å². The number of likely N-dealkylation sites (N-methyl/N-ethyl adjacent to an activating group) is 1. The Morgan fingerprint density at radius 3 is 2.71 bits per heavy atom. The van der Waals surface area contributed by atoms with E-state index in [2.05, 4.69) is 25.9 Å². The summed E-state index contributed by atoms with van der Waals surface area (Å²) in [5.74, 6) is 1.31. The fourth-order valence-electron chi connectivity index (χ4n) is 2.84. The molecule has 116 valence electrons. The monoisotopic (exact) mass is 291 g/mol. The van der Waals surface area contributed by atoms with Crippen molar-refractivity contribution in [1.82, 2.24) is 9.80 Å². The van der Waals surface area contributed by atoms with E-state index in [1.165, 1.54) is 0 Å². The van der Waals surface area contributed by atoms with Crippen molar-refractivity contribution in [1.29, 1.82) is 0 Å². The van der Waals surface area contributed by atoms with Crippen molar-refractivity contribution in [3.63, 3.8) is 0 Å². The molecule has 1 aromatic rings. The molecule has 1 saturated heterocycles. The van der Waals surface area contributed by atoms with Crippen LogP contribution in [-0.2, 0) is 4.79 Å². The number of rotatable bonds is 5. The number of ether oxygens (including phenoxy) is 1. The zero-order chi connectivity index (χ0) is 15.4. The van der Waals surface area contributed by atoms with Gasteiger partial charge in [0, 0.05) is 19.1 Å². The van der Waals surface area contributed by atoms with E-state index in [0.717, 1.165) is 13.1 Å². The molecule has 0 spiro atoms. The number of anilines is 1. The average Bonchev–Trinajstić information content (AvgIpc) is 2.83. The summed E-state index contributed by atoms with van der Waals surface area (Å²) in [6.45, 7) is 4.19. The van der Waals surface area contributed by atoms with Gasteiger partial charge in [-0.15, -0.1) is 0 Å². The van der Waals surface area contributed by atoms with E-state index < -0.39 is 0 Å². The molecule has 1 aliphatic rings. The lowest BCUT2D eigenvalue weighted by Crippen LogP contribution is -2.36. The molecule has 0 bridgehead atoms. The number of nitrogens with two attached hydrogens (primary N) is 1. The van der Waals surface area contributed by atoms with Crippen molar-refractivity contribution < 1.29 is 9.53 Å². The highest BCUT2D eigenvalue weighted by molar-refractivity contribution is 5.76. The van der Waals surface area contributed by atoms with Crippen LogP contribution in [0.25, 0.3) is 0 Å². The van der Waals surface area contributed by atoms with Gasteiger partial charge in [-0.05, 0) is 32.1 Å². The second-order valence-electron chi connectivity index (χ2n) is 5.94. The number of carbonyl (C=O) groups is 1. The molecule has 1 aliphatic heterocycles. The number of benzene rings is 1. The van der Waals surface area contributed by atoms with E-state index in [1.54, 1.807) is 6.07 Å². The van der Waals surface area contributed by atoms with E-state index in [0.29, 0.717) is 36.4 Å². The van der Waals surface area contributed by atoms with Crippen molar-refractivity contribution >= 4 is 11.6 Å². The number of amides is 1. The van der Waals surface area contributed by atoms with Crippen molar-refractivity contribution in [3.8, 4) is 5.75 Å². The van der Waals surface area contributed by atoms with Gasteiger partial charge in [0.05, 0.1) is 18.7 Å². The molecule has 0 saturated carbocycles. The standard InChI is InChI=1S/C16H25N3O2/c1-12-10-19(11-14(12)18(2)3)16(20)8-9-21-15-7-5-4-6-13(15)17/h4-7,12,14H,8-11,17H2,1-3H3. The van der Waals surface area contributed by atoms with Crippen molar-refractivity contribution in [2.24, 2.45) is 5.92 Å². The molecule has 2 rings (SSSR count). The first-order valence-electron chi connectivity index (χ1n) is 7.40. The Hall–Kier alpha value is -1.75. The van der Waals surface area contributed by atoms with Gasteiger partial charge in [0.1, 0.15) is 5.75 Å². The normalized spacial score (nSPS) is 21.8. The maximum absolute atomic E-state index is 12.2. The molecule has 2 atom stereocenters. The number of nitrogens with zero attached hydrogens (tertiary/aromatic N) is 2. The number of carbonyl (C=O) groups excluding carboxylic acids is 1. The average molecular weight is 291 g/mol. The number of hydrogen-bond donors (Lipinski definition) is 1. The van der Waals surface area contributed by atoms with Gasteiger partial charge in [0.25, 0.3) is 0 Å². The Kier molecular flexibility index (Phi) is 5.07. The third-order valence-electron chi connectivity index (χ3n) is 4.08. The first-order valence-corrected chi connectivity index (χ1v) is 7.40. The fraction of sp³-hybridized carbons (Fsp3) is 0.562. The highest BCUT2D eigenvalue weighted by Crippen LogP contribution is 2.22. The van der Waals surface area contributed by atoms with Gasteiger partial charge in [-0.2, -0.15) is 0 Å². The summed E-state index contributed by atoms with van der Waals surface area (Å²) in [5.41, 5.74) is 6.41. The van der Waals surface area contributed by atoms with Crippen LogP contribution < -0.4 is 10.5 Å². The van der Waals surface area contributed by atoms with Crippen molar-refractivity contribution in [2.45, 2.75) is 19.4 Å². The molecule has 1 amide bonds. The van der Waals surface area contributed by atoms with Gasteiger partial charge in [-0.25, -0.2) is 0 Å². The molecule has 5 nitrogen and oxygen atoms in total. The molecule has 2 unspecified atom stereocenters. The highest BCUT2D eigenvalue weighted by atomic mass is 16.5. The smallest absolute Gasteiger partial charge is 0.226 e. The molecule has 1 heterocycles. The lowest BCUT2D eigenvalue weighted by Gasteiger charge is -2.22. The molecular formula is C16H25N3O2. The topological polar surface area (TPSA) is 58.8 Å². The second kappa shape index (κ2) is 6.80. The third-order valence-corrected chi connectivity index (χ3v) is 4.08. The minimum Gasteiger partial charge on any atom is -0.491 e. The number of likely N-dealkylation sites (tertiary alicyclic amines) is 1. The number of nitrogen functional groups attached to an aromatic ring is 1. The first kappa shape index (κ1) is 15.6. The SMILES string of the molecule is CC1CN(C(=O)CCOc2ccccc2N)CC1N(C)C. The van der Waals surface area contributed by atoms with Gasteiger partial charge in [0.2, 0.25) is 5.91 Å². The number of para-hydroxylation sites is 2. The number of hydrogen-bond acceptors (Lipinski definition) is 4. The summed E-state index contributed by atoms with van der Waals surface area (Å²) >= 11 is 0. The zero-order valence-corrected chi connectivity index (χ0v) is 13.1. The highest BCUT2D eigenvalue weighted by Gasteiger charge is 2.33. The Morgan fingerprint density at radius 1 is 1.38 bits per heavy atom. The summed E-state index contributed by atoms with van der Waals surface area (Å²) in [7, 11) is 4.13. The minimum absolute atomic E-state index is 0.153. The minimum atomic E-state index is 0.153. The van der Waals surface area contributed by atoms with Crippen molar-refractivity contribution in [3.05, 3.63) is 24.3 Å². The molecule has 21 heavy (non-hydrogen) atoms. The second-order valence-corrected chi connectivity index (χ2v) is 5.94. The molecule has 0 radical (unpaired) electrons. The van der Waals surface area contributed by atoms with Gasteiger partial charge in [-0.1, -0.05) is 19.1 Å². The van der Waals surface area contributed by atoms with Crippen LogP contribution in [0.1, 0.15) is 13.3 Å². The van der Waals surface area contributed by atoms with E-state index in [-0.39, 0.29) is 5.91 Å². The van der Waals surface area contributed by atoms with Crippen molar-refractivity contribution in [2.75, 3.05) is 39.5 Å². The molecule has 2 N–H and O–H groups in total. The zero-order valence-electron chi connectivity index (χ0n) is 13.1. The van der Waals surface area contributed by atoms with Crippen LogP contribution >= 0.6 is 0 Å². The van der Waals surface area contributed by atoms with E-state index in [4.69, 9.17) is 10.5 Å². The molecular weight excluding hydrogens is 266 g/mol. The lowest BCUT2D eigenvalue weighted by molar-refractivity contribution is -0.130. The molecule has 0 aromatic heterocycles. The maximum Gasteiger partial charge on any atom is 0.226 e. The summed E-state index contributed by atoms with van der Waals surface area (Å²) in [6, 6.07) is 7.79. The maximum atomic E-state index is 12.2. The quantitative estimate of drug-likeness (QED) is 0.834. The van der Waals surface area contributed by atoms with E-state index >= 15 is 0 Å². The lowest BCUT2D eigenvalue weighted by atomic mass is 10.1. The molecule has 1 aromatic carbocycles. The summed E-state index contributed by atoms with van der Waals surface area (Å²) in [5, 5.41) is 0. The van der Waals surface area contributed by atoms with Crippen LogP contribution in [0.2, 0.25) is 0 Å². The molecule has 0 aliphatic carbocycles. The van der Waals surface area contributed by atoms with Crippen LogP contribution in [-0.4, -0.2) is 55.5 Å². The predicted octanol–water partition coefficient (Wildman–Crippen LogP) is 1.45. The van der Waals surface area contributed by atoms with Crippen LogP contribution in [0, 0.1) is 5.92 Å². The fourth-order valence-corrected chi connectivity index (χ4v) is 2.84. The first-order chi connectivity index (χ1) is 9.99. The molecule has 5 heteroatoms. The molecule has 1 fully saturated rings. The Morgan fingerprint density at radius 2 is 2.10 bits per heavy atom. The van der Waals surface area contributed by atoms with E-state index in [1.807, 2.05) is 23.1 Å². The predicted molar refractivity (Wildman–Crippen MR) is 84.2 cm³/mol. The Bertz CT molecular complexity index is 490. The summed E-state index contributed by atoms with van der Waals surface area (Å²) in [4.78, 5) is 16.4. The van der Waals surface area contributed by atoms with Crippen LogP contribution in [0.15, 0.2) is 24.3 Å². The third kappa shape index (κ3) is 3.88. The van der Waals surface area contributed by atoms with Gasteiger partial charge in [-0.3, -0.25) is 4.79 Å². The summed E-state index contributed by atoms with van der Waals surface area (Å²) < 4.78 is 5.59. The Labute approximate surface area is 126 Å². The largest absolute Gasteiger partial charge is 0.491 e. The van der Waals surface area contributed by atoms with Crippen LogP contribution in [0.3, 0.4) is 0 Å².